The SMILES string of the molecule is COc1nccc2c1c1ncc(-c3c(C)nnn3C)cc1n2[C@H](c1ccccc1F)C1CCOCC1. The van der Waals surface area contributed by atoms with Gasteiger partial charge in [0.1, 0.15) is 11.3 Å². The smallest absolute Gasteiger partial charge is 0.224 e. The van der Waals surface area contributed by atoms with Gasteiger partial charge in [0.2, 0.25) is 5.88 Å². The maximum absolute atomic E-state index is 15.4. The van der Waals surface area contributed by atoms with Crippen LogP contribution in [0.2, 0.25) is 0 Å². The summed E-state index contributed by atoms with van der Waals surface area (Å²) in [5.41, 5.74) is 5.80. The van der Waals surface area contributed by atoms with Gasteiger partial charge in [-0.25, -0.2) is 14.1 Å². The molecule has 4 aromatic heterocycles. The summed E-state index contributed by atoms with van der Waals surface area (Å²) in [6.07, 6.45) is 5.23. The van der Waals surface area contributed by atoms with Gasteiger partial charge in [-0.2, -0.15) is 0 Å². The van der Waals surface area contributed by atoms with Gasteiger partial charge in [-0.05, 0) is 43.9 Å². The topological polar surface area (TPSA) is 79.9 Å². The predicted molar refractivity (Wildman–Crippen MR) is 134 cm³/mol. The third-order valence-corrected chi connectivity index (χ3v) is 7.19. The lowest BCUT2D eigenvalue weighted by atomic mass is 9.86. The molecule has 184 valence electrons. The first kappa shape index (κ1) is 22.6. The Morgan fingerprint density at radius 3 is 2.64 bits per heavy atom. The normalized spacial score (nSPS) is 15.6. The lowest BCUT2D eigenvalue weighted by Gasteiger charge is -2.33. The van der Waals surface area contributed by atoms with E-state index < -0.39 is 0 Å². The molecule has 0 saturated carbocycles. The molecule has 1 fully saturated rings. The van der Waals surface area contributed by atoms with E-state index in [9.17, 15) is 0 Å². The molecule has 1 aromatic carbocycles. The van der Waals surface area contributed by atoms with Crippen molar-refractivity contribution < 1.29 is 13.9 Å². The average Bonchev–Trinajstić information content (AvgIpc) is 3.42. The largest absolute Gasteiger partial charge is 0.480 e. The van der Waals surface area contributed by atoms with Crippen LogP contribution in [0.1, 0.15) is 30.1 Å². The van der Waals surface area contributed by atoms with Crippen LogP contribution in [0, 0.1) is 18.7 Å². The summed E-state index contributed by atoms with van der Waals surface area (Å²) in [7, 11) is 3.48. The quantitative estimate of drug-likeness (QED) is 0.353. The maximum Gasteiger partial charge on any atom is 0.224 e. The third kappa shape index (κ3) is 3.53. The number of benzene rings is 1. The molecule has 1 aliphatic rings. The van der Waals surface area contributed by atoms with Gasteiger partial charge in [0.05, 0.1) is 41.0 Å². The van der Waals surface area contributed by atoms with Gasteiger partial charge < -0.3 is 14.0 Å². The van der Waals surface area contributed by atoms with Gasteiger partial charge in [-0.15, -0.1) is 5.10 Å². The van der Waals surface area contributed by atoms with Crippen LogP contribution in [0.3, 0.4) is 0 Å². The second kappa shape index (κ2) is 8.98. The molecule has 36 heavy (non-hydrogen) atoms. The molecule has 0 spiro atoms. The first-order valence-corrected chi connectivity index (χ1v) is 12.1. The van der Waals surface area contributed by atoms with E-state index in [0.717, 1.165) is 51.7 Å². The third-order valence-electron chi connectivity index (χ3n) is 7.19. The van der Waals surface area contributed by atoms with Crippen molar-refractivity contribution in [1.82, 2.24) is 29.5 Å². The van der Waals surface area contributed by atoms with Crippen molar-refractivity contribution in [3.63, 3.8) is 0 Å². The van der Waals surface area contributed by atoms with Crippen LogP contribution in [-0.2, 0) is 11.8 Å². The summed E-state index contributed by atoms with van der Waals surface area (Å²) in [4.78, 5) is 9.35. The minimum Gasteiger partial charge on any atom is -0.480 e. The minimum absolute atomic E-state index is 0.178. The van der Waals surface area contributed by atoms with Crippen molar-refractivity contribution in [2.24, 2.45) is 13.0 Å². The zero-order chi connectivity index (χ0) is 24.8. The van der Waals surface area contributed by atoms with E-state index in [2.05, 4.69) is 25.9 Å². The van der Waals surface area contributed by atoms with E-state index >= 15 is 4.39 Å². The van der Waals surface area contributed by atoms with Crippen LogP contribution in [0.25, 0.3) is 33.2 Å². The average molecular weight is 487 g/mol. The molecule has 0 unspecified atom stereocenters. The highest BCUT2D eigenvalue weighted by molar-refractivity contribution is 6.09. The van der Waals surface area contributed by atoms with Crippen molar-refractivity contribution in [3.05, 3.63) is 65.9 Å². The maximum atomic E-state index is 15.4. The molecule has 1 aliphatic heterocycles. The molecular formula is C27H27FN6O2. The molecule has 0 amide bonds. The van der Waals surface area contributed by atoms with Crippen molar-refractivity contribution in [3.8, 4) is 17.1 Å². The second-order valence-electron chi connectivity index (χ2n) is 9.24. The summed E-state index contributed by atoms with van der Waals surface area (Å²) in [6, 6.07) is 10.9. The van der Waals surface area contributed by atoms with E-state index in [4.69, 9.17) is 14.5 Å². The molecule has 5 heterocycles. The van der Waals surface area contributed by atoms with Crippen molar-refractivity contribution in [2.45, 2.75) is 25.8 Å². The molecule has 9 heteroatoms. The number of aromatic nitrogens is 6. The Bertz CT molecular complexity index is 1550. The number of pyridine rings is 2. The number of hydrogen-bond donors (Lipinski definition) is 0. The molecule has 5 aromatic rings. The molecular weight excluding hydrogens is 459 g/mol. The summed E-state index contributed by atoms with van der Waals surface area (Å²) in [5.74, 6) is 0.451. The molecule has 0 N–H and O–H groups in total. The van der Waals surface area contributed by atoms with Crippen molar-refractivity contribution in [2.75, 3.05) is 20.3 Å². The molecule has 0 aliphatic carbocycles. The van der Waals surface area contributed by atoms with E-state index in [1.54, 1.807) is 24.1 Å². The number of hydrogen-bond acceptors (Lipinski definition) is 6. The van der Waals surface area contributed by atoms with E-state index in [1.807, 2.05) is 38.4 Å². The zero-order valence-corrected chi connectivity index (χ0v) is 20.5. The fraction of sp³-hybridized carbons (Fsp3) is 0.333. The number of aryl methyl sites for hydroxylation is 2. The predicted octanol–water partition coefficient (Wildman–Crippen LogP) is 4.85. The Labute approximate surface area is 207 Å². The fourth-order valence-corrected chi connectivity index (χ4v) is 5.61. The van der Waals surface area contributed by atoms with E-state index in [-0.39, 0.29) is 17.8 Å². The number of methoxy groups -OCH3 is 1. The Morgan fingerprint density at radius 2 is 1.92 bits per heavy atom. The van der Waals surface area contributed by atoms with Crippen LogP contribution in [0.15, 0.2) is 48.8 Å². The standard InChI is InChI=1S/C27H27FN6O2/c1-16-25(33(2)32-31-16)18-14-22-24(30-15-18)23-21(8-11-29-27(23)35-3)34(22)26(17-9-12-36-13-10-17)19-6-4-5-7-20(19)28/h4-8,11,14-15,17,26H,9-10,12-13H2,1-3H3/t26-/m0/s1. The van der Waals surface area contributed by atoms with Gasteiger partial charge in [-0.1, -0.05) is 23.4 Å². The molecule has 0 bridgehead atoms. The summed E-state index contributed by atoms with van der Waals surface area (Å²) in [6.45, 7) is 3.24. The first-order chi connectivity index (χ1) is 17.6. The lowest BCUT2D eigenvalue weighted by molar-refractivity contribution is 0.0548. The van der Waals surface area contributed by atoms with Gasteiger partial charge in [-0.3, -0.25) is 4.98 Å². The molecule has 8 nitrogen and oxygen atoms in total. The number of ether oxygens (including phenoxy) is 2. The highest BCUT2D eigenvalue weighted by Gasteiger charge is 2.32. The Hall–Kier alpha value is -3.85. The van der Waals surface area contributed by atoms with Gasteiger partial charge in [0.15, 0.2) is 0 Å². The summed E-state index contributed by atoms with van der Waals surface area (Å²) >= 11 is 0. The van der Waals surface area contributed by atoms with Crippen molar-refractivity contribution >= 4 is 21.9 Å². The van der Waals surface area contributed by atoms with Crippen LogP contribution in [0.5, 0.6) is 5.88 Å². The number of nitrogens with zero attached hydrogens (tertiary/aromatic N) is 6. The Morgan fingerprint density at radius 1 is 1.11 bits per heavy atom. The van der Waals surface area contributed by atoms with Crippen LogP contribution < -0.4 is 4.74 Å². The monoisotopic (exact) mass is 486 g/mol. The van der Waals surface area contributed by atoms with Crippen LogP contribution in [-0.4, -0.2) is 49.9 Å². The van der Waals surface area contributed by atoms with E-state index in [0.29, 0.717) is 24.7 Å². The molecule has 6 rings (SSSR count). The van der Waals surface area contributed by atoms with Gasteiger partial charge in [0.25, 0.3) is 0 Å². The van der Waals surface area contributed by atoms with Gasteiger partial charge >= 0.3 is 0 Å². The van der Waals surface area contributed by atoms with Gasteiger partial charge in [0, 0.05) is 43.8 Å². The van der Waals surface area contributed by atoms with Crippen LogP contribution >= 0.6 is 0 Å². The lowest BCUT2D eigenvalue weighted by Crippen LogP contribution is -2.27. The number of halogens is 1. The second-order valence-corrected chi connectivity index (χ2v) is 9.24. The highest BCUT2D eigenvalue weighted by atomic mass is 19.1. The molecule has 0 radical (unpaired) electrons. The number of rotatable bonds is 5. The molecule has 1 saturated heterocycles. The van der Waals surface area contributed by atoms with Crippen molar-refractivity contribution in [1.29, 1.82) is 0 Å². The Kier molecular flexibility index (Phi) is 5.64. The highest BCUT2D eigenvalue weighted by Crippen LogP contribution is 2.43. The van der Waals surface area contributed by atoms with Crippen LogP contribution in [0.4, 0.5) is 4.39 Å². The zero-order valence-electron chi connectivity index (χ0n) is 20.5. The number of fused-ring (bicyclic) bond motifs is 3. The summed E-state index contributed by atoms with van der Waals surface area (Å²) in [5, 5.41) is 9.20. The Balaban J connectivity index is 1.71. The fourth-order valence-electron chi connectivity index (χ4n) is 5.61. The summed E-state index contributed by atoms with van der Waals surface area (Å²) < 4.78 is 30.7. The minimum atomic E-state index is -0.259. The van der Waals surface area contributed by atoms with E-state index in [1.165, 1.54) is 6.07 Å². The molecule has 1 atom stereocenters. The first-order valence-electron chi connectivity index (χ1n) is 12.1.